The van der Waals surface area contributed by atoms with E-state index in [1.54, 1.807) is 34.7 Å². The highest BCUT2D eigenvalue weighted by atomic mass is 35.5. The van der Waals surface area contributed by atoms with Crippen molar-refractivity contribution >= 4 is 40.1 Å². The van der Waals surface area contributed by atoms with Crippen molar-refractivity contribution in [2.24, 2.45) is 0 Å². The number of rotatable bonds is 2. The van der Waals surface area contributed by atoms with E-state index in [-0.39, 0.29) is 5.91 Å². The van der Waals surface area contributed by atoms with E-state index in [1.165, 1.54) is 15.0 Å². The Morgan fingerprint density at radius 3 is 3.04 bits per heavy atom. The van der Waals surface area contributed by atoms with Crippen molar-refractivity contribution in [3.8, 4) is 0 Å². The molecule has 116 valence electrons. The van der Waals surface area contributed by atoms with Crippen LogP contribution in [0.4, 0.5) is 0 Å². The molecule has 0 aliphatic carbocycles. The average molecular weight is 345 g/mol. The fraction of sp³-hybridized carbons (Fsp3) is 0.188. The number of carbonyl (C=O) groups is 1. The van der Waals surface area contributed by atoms with Gasteiger partial charge in [-0.1, -0.05) is 23.7 Å². The summed E-state index contributed by atoms with van der Waals surface area (Å²) in [6.45, 7) is 1.30. The van der Waals surface area contributed by atoms with Gasteiger partial charge in [-0.3, -0.25) is 4.79 Å². The lowest BCUT2D eigenvalue weighted by Gasteiger charge is -2.25. The molecule has 23 heavy (non-hydrogen) atoms. The van der Waals surface area contributed by atoms with Crippen LogP contribution in [-0.4, -0.2) is 38.5 Å². The highest BCUT2D eigenvalue weighted by Crippen LogP contribution is 2.26. The molecule has 0 unspecified atom stereocenters. The number of aromatic nitrogens is 3. The Morgan fingerprint density at radius 2 is 2.30 bits per heavy atom. The summed E-state index contributed by atoms with van der Waals surface area (Å²) in [4.78, 5) is 19.9. The van der Waals surface area contributed by atoms with Crippen LogP contribution >= 0.6 is 22.9 Å². The van der Waals surface area contributed by atoms with Crippen LogP contribution in [0.2, 0.25) is 5.02 Å². The number of hydrogen-bond donors (Lipinski definition) is 0. The van der Waals surface area contributed by atoms with E-state index in [0.29, 0.717) is 29.5 Å². The molecule has 7 heteroatoms. The molecule has 0 saturated carbocycles. The second-order valence-electron chi connectivity index (χ2n) is 5.31. The third-order valence-electron chi connectivity index (χ3n) is 3.83. The smallest absolute Gasteiger partial charge is 0.274 e. The largest absolute Gasteiger partial charge is 0.333 e. The lowest BCUT2D eigenvalue weighted by molar-refractivity contribution is 0.0766. The quantitative estimate of drug-likeness (QED) is 0.716. The second-order valence-corrected chi connectivity index (χ2v) is 6.70. The standard InChI is InChI=1S/C16H13ClN4OS/c17-12-9-18-15-8-13(19-21(15)10-12)16(22)20-5-3-11(4-6-20)14-2-1-7-23-14/h1-3,7-10H,4-6H2. The van der Waals surface area contributed by atoms with Crippen molar-refractivity contribution in [2.75, 3.05) is 13.1 Å². The fourth-order valence-electron chi connectivity index (χ4n) is 2.66. The Hall–Kier alpha value is -2.18. The lowest BCUT2D eigenvalue weighted by atomic mass is 10.1. The van der Waals surface area contributed by atoms with Crippen LogP contribution in [0.25, 0.3) is 11.2 Å². The van der Waals surface area contributed by atoms with Gasteiger partial charge >= 0.3 is 0 Å². The van der Waals surface area contributed by atoms with Crippen molar-refractivity contribution in [1.29, 1.82) is 0 Å². The third-order valence-corrected chi connectivity index (χ3v) is 4.98. The first-order valence-corrected chi connectivity index (χ1v) is 8.49. The van der Waals surface area contributed by atoms with Gasteiger partial charge in [-0.15, -0.1) is 11.3 Å². The van der Waals surface area contributed by atoms with Crippen LogP contribution in [0.15, 0.2) is 42.0 Å². The molecule has 1 aliphatic rings. The Kier molecular flexibility index (Phi) is 3.63. The van der Waals surface area contributed by atoms with E-state index in [4.69, 9.17) is 11.6 Å². The molecule has 0 spiro atoms. The van der Waals surface area contributed by atoms with Gasteiger partial charge in [-0.2, -0.15) is 5.10 Å². The molecule has 0 radical (unpaired) electrons. The number of halogens is 1. The maximum Gasteiger partial charge on any atom is 0.274 e. The SMILES string of the molecule is O=C(c1cc2ncc(Cl)cn2n1)N1CC=C(c2cccs2)CC1. The molecule has 5 nitrogen and oxygen atoms in total. The number of nitrogens with zero attached hydrogens (tertiary/aromatic N) is 4. The minimum atomic E-state index is -0.0758. The zero-order valence-electron chi connectivity index (χ0n) is 12.1. The number of carbonyl (C=O) groups excluding carboxylic acids is 1. The number of thiophene rings is 1. The molecule has 1 amide bonds. The highest BCUT2D eigenvalue weighted by molar-refractivity contribution is 7.11. The Balaban J connectivity index is 1.55. The molecule has 0 saturated heterocycles. The van der Waals surface area contributed by atoms with Gasteiger partial charge < -0.3 is 4.90 Å². The molecule has 0 bridgehead atoms. The summed E-state index contributed by atoms with van der Waals surface area (Å²) in [5, 5.41) is 6.84. The maximum atomic E-state index is 12.6. The van der Waals surface area contributed by atoms with Gasteiger partial charge in [0.2, 0.25) is 0 Å². The van der Waals surface area contributed by atoms with Crippen LogP contribution < -0.4 is 0 Å². The molecule has 1 aliphatic heterocycles. The van der Waals surface area contributed by atoms with E-state index in [1.807, 2.05) is 6.07 Å². The summed E-state index contributed by atoms with van der Waals surface area (Å²) in [5.41, 5.74) is 2.32. The van der Waals surface area contributed by atoms with E-state index < -0.39 is 0 Å². The van der Waals surface area contributed by atoms with Crippen LogP contribution in [0.3, 0.4) is 0 Å². The maximum absolute atomic E-state index is 12.6. The molecular formula is C16H13ClN4OS. The minimum Gasteiger partial charge on any atom is -0.333 e. The van der Waals surface area contributed by atoms with Crippen LogP contribution in [0, 0.1) is 0 Å². The van der Waals surface area contributed by atoms with Crippen molar-refractivity contribution < 1.29 is 4.79 Å². The summed E-state index contributed by atoms with van der Waals surface area (Å²) in [5.74, 6) is -0.0758. The monoisotopic (exact) mass is 344 g/mol. The molecule has 0 fully saturated rings. The van der Waals surface area contributed by atoms with Gasteiger partial charge in [0.25, 0.3) is 5.91 Å². The molecule has 3 aromatic heterocycles. The van der Waals surface area contributed by atoms with Crippen LogP contribution in [0.5, 0.6) is 0 Å². The first-order chi connectivity index (χ1) is 11.2. The predicted octanol–water partition coefficient (Wildman–Crippen LogP) is 3.37. The topological polar surface area (TPSA) is 50.5 Å². The zero-order valence-corrected chi connectivity index (χ0v) is 13.7. The van der Waals surface area contributed by atoms with Gasteiger partial charge in [0.05, 0.1) is 11.2 Å². The Bertz CT molecular complexity index is 900. The molecule has 0 N–H and O–H groups in total. The van der Waals surface area contributed by atoms with Gasteiger partial charge in [0.15, 0.2) is 11.3 Å². The van der Waals surface area contributed by atoms with Crippen molar-refractivity contribution in [1.82, 2.24) is 19.5 Å². The first-order valence-electron chi connectivity index (χ1n) is 7.24. The van der Waals surface area contributed by atoms with E-state index in [2.05, 4.69) is 27.6 Å². The zero-order chi connectivity index (χ0) is 15.8. The van der Waals surface area contributed by atoms with Gasteiger partial charge in [-0.05, 0) is 23.4 Å². The highest BCUT2D eigenvalue weighted by Gasteiger charge is 2.22. The summed E-state index contributed by atoms with van der Waals surface area (Å²) < 4.78 is 1.53. The molecule has 0 aromatic carbocycles. The summed E-state index contributed by atoms with van der Waals surface area (Å²) in [6.07, 6.45) is 6.18. The Morgan fingerprint density at radius 1 is 1.39 bits per heavy atom. The predicted molar refractivity (Wildman–Crippen MR) is 90.8 cm³/mol. The second kappa shape index (κ2) is 5.79. The third kappa shape index (κ3) is 2.75. The molecule has 0 atom stereocenters. The lowest BCUT2D eigenvalue weighted by Crippen LogP contribution is -2.34. The minimum absolute atomic E-state index is 0.0758. The fourth-order valence-corrected chi connectivity index (χ4v) is 3.60. The molecule has 4 heterocycles. The summed E-state index contributed by atoms with van der Waals surface area (Å²) >= 11 is 7.63. The van der Waals surface area contributed by atoms with Gasteiger partial charge in [-0.25, -0.2) is 9.50 Å². The molecule has 4 rings (SSSR count). The van der Waals surface area contributed by atoms with Crippen molar-refractivity contribution in [3.05, 3.63) is 57.6 Å². The van der Waals surface area contributed by atoms with Gasteiger partial charge in [0.1, 0.15) is 0 Å². The number of hydrogen-bond acceptors (Lipinski definition) is 4. The van der Waals surface area contributed by atoms with E-state index >= 15 is 0 Å². The van der Waals surface area contributed by atoms with Crippen LogP contribution in [0.1, 0.15) is 21.8 Å². The molecular weight excluding hydrogens is 332 g/mol. The van der Waals surface area contributed by atoms with Crippen LogP contribution in [-0.2, 0) is 0 Å². The van der Waals surface area contributed by atoms with Gasteiger partial charge in [0, 0.05) is 30.2 Å². The molecule has 3 aromatic rings. The van der Waals surface area contributed by atoms with Crippen molar-refractivity contribution in [3.63, 3.8) is 0 Å². The van der Waals surface area contributed by atoms with E-state index in [0.717, 1.165) is 6.42 Å². The van der Waals surface area contributed by atoms with Crippen molar-refractivity contribution in [2.45, 2.75) is 6.42 Å². The Labute approximate surface area is 141 Å². The summed E-state index contributed by atoms with van der Waals surface area (Å²) in [6, 6.07) is 5.86. The number of amides is 1. The normalized spacial score (nSPS) is 15.0. The summed E-state index contributed by atoms with van der Waals surface area (Å²) in [7, 11) is 0. The first kappa shape index (κ1) is 14.4. The number of fused-ring (bicyclic) bond motifs is 1. The average Bonchev–Trinajstić information content (AvgIpc) is 3.23. The van der Waals surface area contributed by atoms with E-state index in [9.17, 15) is 4.79 Å².